The van der Waals surface area contributed by atoms with E-state index in [-0.39, 0.29) is 12.1 Å². The molecule has 3 heteroatoms. The molecule has 80 valence electrons. The minimum Gasteiger partial charge on any atom is -0.478 e. The van der Waals surface area contributed by atoms with Crippen molar-refractivity contribution < 1.29 is 9.90 Å². The lowest BCUT2D eigenvalue weighted by Crippen LogP contribution is -2.12. The molecule has 0 atom stereocenters. The van der Waals surface area contributed by atoms with Crippen LogP contribution in [-0.4, -0.2) is 17.6 Å². The zero-order valence-corrected chi connectivity index (χ0v) is 9.00. The first-order valence-electron chi connectivity index (χ1n) is 4.73. The molecule has 0 unspecified atom stereocenters. The van der Waals surface area contributed by atoms with Crippen molar-refractivity contribution in [3.63, 3.8) is 0 Å². The summed E-state index contributed by atoms with van der Waals surface area (Å²) >= 11 is 0. The average Bonchev–Trinajstić information content (AvgIpc) is 2.16. The summed E-state index contributed by atoms with van der Waals surface area (Å²) in [5.74, 6) is -0.964. The monoisotopic (exact) mass is 205 g/mol. The number of rotatable bonds is 4. The maximum Gasteiger partial charge on any atom is 0.332 e. The molecule has 0 fully saturated rings. The lowest BCUT2D eigenvalue weighted by atomic mass is 10.1. The third-order valence-electron chi connectivity index (χ3n) is 2.26. The van der Waals surface area contributed by atoms with Gasteiger partial charge in [-0.25, -0.2) is 4.79 Å². The molecule has 2 N–H and O–H groups in total. The fraction of sp³-hybridized carbons (Fsp3) is 0.250. The molecule has 0 bridgehead atoms. The van der Waals surface area contributed by atoms with Gasteiger partial charge in [0, 0.05) is 17.8 Å². The van der Waals surface area contributed by atoms with E-state index in [1.165, 1.54) is 0 Å². The maximum atomic E-state index is 10.6. The molecule has 0 radical (unpaired) electrons. The van der Waals surface area contributed by atoms with Crippen LogP contribution in [0.25, 0.3) is 0 Å². The first kappa shape index (κ1) is 11.3. The molecule has 0 saturated carbocycles. The van der Waals surface area contributed by atoms with E-state index in [1.807, 2.05) is 32.0 Å². The molecule has 0 aromatic heterocycles. The third kappa shape index (κ3) is 2.84. The van der Waals surface area contributed by atoms with Crippen LogP contribution in [0.5, 0.6) is 0 Å². The van der Waals surface area contributed by atoms with Crippen LogP contribution in [0.1, 0.15) is 11.1 Å². The number of benzene rings is 1. The Morgan fingerprint density at radius 3 is 2.40 bits per heavy atom. The molecule has 3 nitrogen and oxygen atoms in total. The standard InChI is InChI=1S/C12H15NO2/c1-8-5-4-6-9(2)11(8)13-7-10(3)12(14)15/h4-6,13H,3,7H2,1-2H3,(H,14,15). The summed E-state index contributed by atoms with van der Waals surface area (Å²) in [5, 5.41) is 11.7. The maximum absolute atomic E-state index is 10.6. The zero-order valence-electron chi connectivity index (χ0n) is 9.00. The van der Waals surface area contributed by atoms with Crippen LogP contribution < -0.4 is 5.32 Å². The fourth-order valence-electron chi connectivity index (χ4n) is 1.36. The molecular weight excluding hydrogens is 190 g/mol. The van der Waals surface area contributed by atoms with Gasteiger partial charge in [0.05, 0.1) is 0 Å². The van der Waals surface area contributed by atoms with Crippen molar-refractivity contribution in [2.75, 3.05) is 11.9 Å². The van der Waals surface area contributed by atoms with Crippen LogP contribution in [0.3, 0.4) is 0 Å². The predicted molar refractivity (Wildman–Crippen MR) is 61.2 cm³/mol. The lowest BCUT2D eigenvalue weighted by Gasteiger charge is -2.12. The molecule has 0 spiro atoms. The number of carbonyl (C=O) groups is 1. The second kappa shape index (κ2) is 4.64. The Morgan fingerprint density at radius 1 is 1.40 bits per heavy atom. The molecule has 1 aromatic carbocycles. The number of aryl methyl sites for hydroxylation is 2. The Kier molecular flexibility index (Phi) is 3.50. The largest absolute Gasteiger partial charge is 0.478 e. The van der Waals surface area contributed by atoms with Crippen molar-refractivity contribution >= 4 is 11.7 Å². The van der Waals surface area contributed by atoms with Gasteiger partial charge in [-0.05, 0) is 25.0 Å². The molecule has 0 saturated heterocycles. The van der Waals surface area contributed by atoms with E-state index in [9.17, 15) is 4.79 Å². The highest BCUT2D eigenvalue weighted by Crippen LogP contribution is 2.19. The van der Waals surface area contributed by atoms with Crippen LogP contribution in [0.15, 0.2) is 30.4 Å². The number of hydrogen-bond acceptors (Lipinski definition) is 2. The number of carboxylic acids is 1. The molecule has 1 aromatic rings. The summed E-state index contributed by atoms with van der Waals surface area (Å²) in [4.78, 5) is 10.6. The highest BCUT2D eigenvalue weighted by Gasteiger charge is 2.05. The summed E-state index contributed by atoms with van der Waals surface area (Å²) in [7, 11) is 0. The molecular formula is C12H15NO2. The van der Waals surface area contributed by atoms with Gasteiger partial charge >= 0.3 is 5.97 Å². The first-order valence-corrected chi connectivity index (χ1v) is 4.73. The van der Waals surface area contributed by atoms with Gasteiger partial charge in [-0.15, -0.1) is 0 Å². The number of nitrogens with one attached hydrogen (secondary N) is 1. The van der Waals surface area contributed by atoms with Crippen LogP contribution in [-0.2, 0) is 4.79 Å². The van der Waals surface area contributed by atoms with Gasteiger partial charge in [-0.3, -0.25) is 0 Å². The summed E-state index contributed by atoms with van der Waals surface area (Å²) in [6, 6.07) is 5.94. The van der Waals surface area contributed by atoms with Gasteiger partial charge in [0.25, 0.3) is 0 Å². The second-order valence-corrected chi connectivity index (χ2v) is 3.53. The van der Waals surface area contributed by atoms with E-state index >= 15 is 0 Å². The van der Waals surface area contributed by atoms with E-state index in [2.05, 4.69) is 11.9 Å². The Labute approximate surface area is 89.4 Å². The van der Waals surface area contributed by atoms with Gasteiger partial charge < -0.3 is 10.4 Å². The Morgan fingerprint density at radius 2 is 1.93 bits per heavy atom. The second-order valence-electron chi connectivity index (χ2n) is 3.53. The summed E-state index contributed by atoms with van der Waals surface area (Å²) in [6.07, 6.45) is 0. The van der Waals surface area contributed by atoms with Crippen molar-refractivity contribution in [3.05, 3.63) is 41.5 Å². The number of hydrogen-bond donors (Lipinski definition) is 2. The van der Waals surface area contributed by atoms with E-state index in [4.69, 9.17) is 5.11 Å². The molecule has 0 aliphatic carbocycles. The van der Waals surface area contributed by atoms with Crippen molar-refractivity contribution in [2.24, 2.45) is 0 Å². The highest BCUT2D eigenvalue weighted by atomic mass is 16.4. The van der Waals surface area contributed by atoms with Crippen LogP contribution >= 0.6 is 0 Å². The number of carboxylic acid groups (broad SMARTS) is 1. The predicted octanol–water partition coefficient (Wildman–Crippen LogP) is 2.36. The normalized spacial score (nSPS) is 9.73. The first-order chi connectivity index (χ1) is 7.02. The van der Waals surface area contributed by atoms with E-state index in [0.29, 0.717) is 0 Å². The molecule has 1 rings (SSSR count). The SMILES string of the molecule is C=C(CNc1c(C)cccc1C)C(=O)O. The van der Waals surface area contributed by atoms with Crippen molar-refractivity contribution in [1.82, 2.24) is 0 Å². The topological polar surface area (TPSA) is 49.3 Å². The number of anilines is 1. The highest BCUT2D eigenvalue weighted by molar-refractivity contribution is 5.86. The van der Waals surface area contributed by atoms with Crippen LogP contribution in [0.4, 0.5) is 5.69 Å². The fourth-order valence-corrected chi connectivity index (χ4v) is 1.36. The average molecular weight is 205 g/mol. The molecule has 0 aliphatic heterocycles. The molecule has 15 heavy (non-hydrogen) atoms. The van der Waals surface area contributed by atoms with Crippen molar-refractivity contribution in [1.29, 1.82) is 0 Å². The zero-order chi connectivity index (χ0) is 11.4. The van der Waals surface area contributed by atoms with Gasteiger partial charge in [0.2, 0.25) is 0 Å². The molecule has 0 amide bonds. The van der Waals surface area contributed by atoms with E-state index in [1.54, 1.807) is 0 Å². The van der Waals surface area contributed by atoms with Gasteiger partial charge in [-0.1, -0.05) is 24.8 Å². The van der Waals surface area contributed by atoms with Crippen LogP contribution in [0, 0.1) is 13.8 Å². The summed E-state index contributed by atoms with van der Waals surface area (Å²) < 4.78 is 0. The Hall–Kier alpha value is -1.77. The molecule has 0 aliphatic rings. The smallest absolute Gasteiger partial charge is 0.332 e. The minimum atomic E-state index is -0.964. The van der Waals surface area contributed by atoms with E-state index < -0.39 is 5.97 Å². The summed E-state index contributed by atoms with van der Waals surface area (Å²) in [5.41, 5.74) is 3.36. The lowest BCUT2D eigenvalue weighted by molar-refractivity contribution is -0.132. The van der Waals surface area contributed by atoms with Crippen molar-refractivity contribution in [3.8, 4) is 0 Å². The minimum absolute atomic E-state index is 0.164. The number of para-hydroxylation sites is 1. The van der Waals surface area contributed by atoms with Gasteiger partial charge in [0.1, 0.15) is 0 Å². The summed E-state index contributed by atoms with van der Waals surface area (Å²) in [6.45, 7) is 7.70. The van der Waals surface area contributed by atoms with E-state index in [0.717, 1.165) is 16.8 Å². The van der Waals surface area contributed by atoms with Gasteiger partial charge in [0.15, 0.2) is 0 Å². The quantitative estimate of drug-likeness (QED) is 0.742. The molecule has 0 heterocycles. The Balaban J connectivity index is 2.73. The number of aliphatic carboxylic acids is 1. The third-order valence-corrected chi connectivity index (χ3v) is 2.26. The van der Waals surface area contributed by atoms with Gasteiger partial charge in [-0.2, -0.15) is 0 Å². The van der Waals surface area contributed by atoms with Crippen molar-refractivity contribution in [2.45, 2.75) is 13.8 Å². The van der Waals surface area contributed by atoms with Crippen LogP contribution in [0.2, 0.25) is 0 Å². The Bertz CT molecular complexity index is 376.